The predicted octanol–water partition coefficient (Wildman–Crippen LogP) is 2.99. The molecular formula is C13H13ClFN3. The minimum absolute atomic E-state index is 0.232. The number of benzene rings is 1. The van der Waals surface area contributed by atoms with Crippen molar-refractivity contribution < 1.29 is 4.39 Å². The Morgan fingerprint density at radius 1 is 1.28 bits per heavy atom. The average molecular weight is 266 g/mol. The van der Waals surface area contributed by atoms with Gasteiger partial charge in [-0.25, -0.2) is 9.37 Å². The smallest absolute Gasteiger partial charge is 0.147 e. The highest BCUT2D eigenvalue weighted by molar-refractivity contribution is 6.16. The summed E-state index contributed by atoms with van der Waals surface area (Å²) in [6.45, 7) is 0.576. The Kier molecular flexibility index (Phi) is 4.10. The lowest BCUT2D eigenvalue weighted by Crippen LogP contribution is -2.18. The summed E-state index contributed by atoms with van der Waals surface area (Å²) in [5.74, 6) is 0.846. The summed E-state index contributed by atoms with van der Waals surface area (Å²) in [6, 6.07) is 6.51. The van der Waals surface area contributed by atoms with E-state index in [1.54, 1.807) is 18.5 Å². The molecule has 94 valence electrons. The number of aromatic nitrogens is 2. The second kappa shape index (κ2) is 5.78. The molecule has 0 unspecified atom stereocenters. The van der Waals surface area contributed by atoms with Gasteiger partial charge in [0.1, 0.15) is 11.6 Å². The molecule has 2 rings (SSSR count). The maximum atomic E-state index is 13.1. The molecule has 0 saturated carbocycles. The Morgan fingerprint density at radius 3 is 2.72 bits per heavy atom. The van der Waals surface area contributed by atoms with Gasteiger partial charge in [-0.1, -0.05) is 12.1 Å². The lowest BCUT2D eigenvalue weighted by molar-refractivity contribution is 0.625. The molecule has 0 amide bonds. The van der Waals surface area contributed by atoms with Gasteiger partial charge in [0.15, 0.2) is 0 Å². The summed E-state index contributed by atoms with van der Waals surface area (Å²) in [7, 11) is 1.88. The number of anilines is 1. The van der Waals surface area contributed by atoms with Crippen LogP contribution in [0.3, 0.4) is 0 Å². The van der Waals surface area contributed by atoms with E-state index < -0.39 is 0 Å². The number of hydrogen-bond donors (Lipinski definition) is 0. The molecule has 5 heteroatoms. The lowest BCUT2D eigenvalue weighted by Gasteiger charge is -2.17. The van der Waals surface area contributed by atoms with Crippen molar-refractivity contribution in [2.45, 2.75) is 12.4 Å². The van der Waals surface area contributed by atoms with Crippen LogP contribution < -0.4 is 4.90 Å². The van der Waals surface area contributed by atoms with Crippen LogP contribution in [0.4, 0.5) is 10.2 Å². The van der Waals surface area contributed by atoms with E-state index in [9.17, 15) is 4.39 Å². The highest BCUT2D eigenvalue weighted by atomic mass is 35.5. The zero-order valence-corrected chi connectivity index (χ0v) is 10.7. The van der Waals surface area contributed by atoms with Gasteiger partial charge in [0.05, 0.1) is 24.0 Å². The van der Waals surface area contributed by atoms with E-state index in [4.69, 9.17) is 11.6 Å². The summed E-state index contributed by atoms with van der Waals surface area (Å²) < 4.78 is 13.1. The summed E-state index contributed by atoms with van der Waals surface area (Å²) in [5, 5.41) is 0. The van der Waals surface area contributed by atoms with Gasteiger partial charge in [0.25, 0.3) is 0 Å². The number of halogens is 2. The molecule has 3 nitrogen and oxygen atoms in total. The second-order valence-corrected chi connectivity index (χ2v) is 4.25. The monoisotopic (exact) mass is 265 g/mol. The average Bonchev–Trinajstić information content (AvgIpc) is 2.39. The largest absolute Gasteiger partial charge is 0.354 e. The molecule has 0 spiro atoms. The van der Waals surface area contributed by atoms with Crippen molar-refractivity contribution in [2.75, 3.05) is 11.9 Å². The molecule has 0 aliphatic carbocycles. The molecular weight excluding hydrogens is 253 g/mol. The molecule has 0 fully saturated rings. The van der Waals surface area contributed by atoms with Crippen LogP contribution in [0, 0.1) is 5.82 Å². The first-order valence-corrected chi connectivity index (χ1v) is 6.05. The van der Waals surface area contributed by atoms with Gasteiger partial charge in [0.2, 0.25) is 0 Å². The van der Waals surface area contributed by atoms with Crippen molar-refractivity contribution in [3.05, 3.63) is 53.7 Å². The Morgan fingerprint density at radius 2 is 2.11 bits per heavy atom. The van der Waals surface area contributed by atoms with Gasteiger partial charge in [-0.05, 0) is 17.7 Å². The van der Waals surface area contributed by atoms with E-state index in [-0.39, 0.29) is 5.82 Å². The predicted molar refractivity (Wildman–Crippen MR) is 70.1 cm³/mol. The first-order chi connectivity index (χ1) is 8.69. The van der Waals surface area contributed by atoms with Crippen LogP contribution in [0.5, 0.6) is 0 Å². The van der Waals surface area contributed by atoms with E-state index in [0.717, 1.165) is 17.1 Å². The number of hydrogen-bond acceptors (Lipinski definition) is 3. The zero-order valence-electron chi connectivity index (χ0n) is 9.98. The van der Waals surface area contributed by atoms with Crippen molar-refractivity contribution in [1.82, 2.24) is 9.97 Å². The summed E-state index contributed by atoms with van der Waals surface area (Å²) in [6.07, 6.45) is 3.31. The third kappa shape index (κ3) is 3.17. The normalized spacial score (nSPS) is 10.4. The minimum Gasteiger partial charge on any atom is -0.354 e. The molecule has 0 aliphatic rings. The highest BCUT2D eigenvalue weighted by Crippen LogP contribution is 2.12. The molecule has 1 aromatic carbocycles. The standard InChI is InChI=1S/C13H13ClFN3/c1-18(9-10-3-2-4-11(15)5-10)13-8-16-12(6-14)7-17-13/h2-5,7-8H,6,9H2,1H3. The highest BCUT2D eigenvalue weighted by Gasteiger charge is 2.05. The van der Waals surface area contributed by atoms with Gasteiger partial charge in [0, 0.05) is 13.6 Å². The Bertz CT molecular complexity index is 516. The molecule has 1 aromatic heterocycles. The molecule has 0 bridgehead atoms. The number of nitrogens with zero attached hydrogens (tertiary/aromatic N) is 3. The van der Waals surface area contributed by atoms with E-state index in [2.05, 4.69) is 9.97 Å². The first kappa shape index (κ1) is 12.8. The van der Waals surface area contributed by atoms with Crippen LogP contribution >= 0.6 is 11.6 Å². The van der Waals surface area contributed by atoms with Crippen LogP contribution in [0.1, 0.15) is 11.3 Å². The van der Waals surface area contributed by atoms with Crippen molar-refractivity contribution in [3.63, 3.8) is 0 Å². The molecule has 0 saturated heterocycles. The van der Waals surface area contributed by atoms with Crippen molar-refractivity contribution in [2.24, 2.45) is 0 Å². The van der Waals surface area contributed by atoms with E-state index in [1.807, 2.05) is 18.0 Å². The Labute approximate surface area is 110 Å². The molecule has 2 aromatic rings. The Balaban J connectivity index is 2.09. The van der Waals surface area contributed by atoms with Crippen LogP contribution in [0.25, 0.3) is 0 Å². The van der Waals surface area contributed by atoms with Gasteiger partial charge < -0.3 is 4.90 Å². The minimum atomic E-state index is -0.232. The van der Waals surface area contributed by atoms with Crippen molar-refractivity contribution in [1.29, 1.82) is 0 Å². The van der Waals surface area contributed by atoms with Gasteiger partial charge >= 0.3 is 0 Å². The summed E-state index contributed by atoms with van der Waals surface area (Å²) in [4.78, 5) is 10.3. The maximum Gasteiger partial charge on any atom is 0.147 e. The van der Waals surface area contributed by atoms with E-state index >= 15 is 0 Å². The maximum absolute atomic E-state index is 13.1. The number of rotatable bonds is 4. The van der Waals surface area contributed by atoms with Crippen LogP contribution in [-0.2, 0) is 12.4 Å². The van der Waals surface area contributed by atoms with E-state index in [1.165, 1.54) is 12.1 Å². The summed E-state index contributed by atoms with van der Waals surface area (Å²) in [5.41, 5.74) is 1.63. The second-order valence-electron chi connectivity index (χ2n) is 3.99. The third-order valence-corrected chi connectivity index (χ3v) is 2.80. The SMILES string of the molecule is CN(Cc1cccc(F)c1)c1cnc(CCl)cn1. The van der Waals surface area contributed by atoms with Crippen LogP contribution in [0.15, 0.2) is 36.7 Å². The number of alkyl halides is 1. The Hall–Kier alpha value is -1.68. The van der Waals surface area contributed by atoms with Gasteiger partial charge in [-0.3, -0.25) is 4.98 Å². The lowest BCUT2D eigenvalue weighted by atomic mass is 10.2. The molecule has 0 radical (unpaired) electrons. The first-order valence-electron chi connectivity index (χ1n) is 5.51. The fourth-order valence-corrected chi connectivity index (χ4v) is 1.74. The van der Waals surface area contributed by atoms with Crippen molar-refractivity contribution >= 4 is 17.4 Å². The topological polar surface area (TPSA) is 29.0 Å². The fraction of sp³-hybridized carbons (Fsp3) is 0.231. The van der Waals surface area contributed by atoms with Crippen LogP contribution in [-0.4, -0.2) is 17.0 Å². The summed E-state index contributed by atoms with van der Waals surface area (Å²) >= 11 is 5.65. The van der Waals surface area contributed by atoms with Crippen molar-refractivity contribution in [3.8, 4) is 0 Å². The van der Waals surface area contributed by atoms with Gasteiger partial charge in [-0.15, -0.1) is 11.6 Å². The van der Waals surface area contributed by atoms with E-state index in [0.29, 0.717) is 12.4 Å². The molecule has 0 atom stereocenters. The van der Waals surface area contributed by atoms with Crippen LogP contribution in [0.2, 0.25) is 0 Å². The fourth-order valence-electron chi connectivity index (χ4n) is 1.60. The molecule has 1 heterocycles. The zero-order chi connectivity index (χ0) is 13.0. The molecule has 0 aliphatic heterocycles. The quantitative estimate of drug-likeness (QED) is 0.796. The third-order valence-electron chi connectivity index (χ3n) is 2.53. The molecule has 0 N–H and O–H groups in total. The van der Waals surface area contributed by atoms with Gasteiger partial charge in [-0.2, -0.15) is 0 Å². The molecule has 18 heavy (non-hydrogen) atoms.